The molecule has 31 heavy (non-hydrogen) atoms. The second kappa shape index (κ2) is 10.4. The highest BCUT2D eigenvalue weighted by Gasteiger charge is 2.20. The third-order valence-electron chi connectivity index (χ3n) is 5.23. The molecule has 0 bridgehead atoms. The van der Waals surface area contributed by atoms with Gasteiger partial charge in [0.05, 0.1) is 17.3 Å². The minimum atomic E-state index is -0.0990. The number of rotatable bonds is 7. The van der Waals surface area contributed by atoms with Crippen molar-refractivity contribution in [3.8, 4) is 17.2 Å². The molecule has 0 radical (unpaired) electrons. The van der Waals surface area contributed by atoms with Crippen LogP contribution in [0.5, 0.6) is 17.2 Å². The molecule has 2 aromatic rings. The van der Waals surface area contributed by atoms with E-state index in [1.54, 1.807) is 12.1 Å². The topological polar surface area (TPSA) is 63.3 Å². The highest BCUT2D eigenvalue weighted by molar-refractivity contribution is 6.34. The molecule has 0 aliphatic carbocycles. The zero-order valence-corrected chi connectivity index (χ0v) is 18.6. The number of fused-ring (bicyclic) bond motifs is 1. The summed E-state index contributed by atoms with van der Waals surface area (Å²) in [5.41, 5.74) is 0.536. The van der Waals surface area contributed by atoms with Gasteiger partial charge in [-0.25, -0.2) is 0 Å². The fourth-order valence-electron chi connectivity index (χ4n) is 3.55. The van der Waals surface area contributed by atoms with Crippen molar-refractivity contribution < 1.29 is 19.0 Å². The zero-order valence-electron chi connectivity index (χ0n) is 17.1. The van der Waals surface area contributed by atoms with Crippen molar-refractivity contribution >= 4 is 34.8 Å². The number of ether oxygens (including phenoxy) is 3. The number of halogens is 2. The number of benzene rings is 2. The molecule has 4 rings (SSSR count). The third kappa shape index (κ3) is 6.17. The molecular formula is C22H25Cl2N3O4. The van der Waals surface area contributed by atoms with Crippen LogP contribution >= 0.6 is 23.2 Å². The van der Waals surface area contributed by atoms with Crippen molar-refractivity contribution in [3.63, 3.8) is 0 Å². The largest absolute Gasteiger partial charge is 0.492 e. The van der Waals surface area contributed by atoms with E-state index in [0.717, 1.165) is 38.5 Å². The lowest BCUT2D eigenvalue weighted by atomic mass is 10.2. The summed E-state index contributed by atoms with van der Waals surface area (Å²) in [6.45, 7) is 6.18. The van der Waals surface area contributed by atoms with Gasteiger partial charge in [0.15, 0.2) is 11.5 Å². The Morgan fingerprint density at radius 1 is 0.968 bits per heavy atom. The molecule has 166 valence electrons. The molecule has 1 saturated heterocycles. The maximum atomic E-state index is 12.5. The van der Waals surface area contributed by atoms with E-state index >= 15 is 0 Å². The molecule has 2 aliphatic rings. The Bertz CT molecular complexity index is 902. The molecule has 0 atom stereocenters. The van der Waals surface area contributed by atoms with E-state index in [4.69, 9.17) is 37.4 Å². The van der Waals surface area contributed by atoms with E-state index in [1.165, 1.54) is 0 Å². The van der Waals surface area contributed by atoms with Crippen LogP contribution in [-0.2, 0) is 4.79 Å². The normalized spacial score (nSPS) is 16.7. The fraction of sp³-hybridized carbons (Fsp3) is 0.409. The minimum Gasteiger partial charge on any atom is -0.492 e. The van der Waals surface area contributed by atoms with Gasteiger partial charge in [-0.1, -0.05) is 23.2 Å². The standard InChI is InChI=1S/C22H25Cl2N3O4/c23-16-1-3-17(4-2-16)29-10-9-26-5-7-27(8-6-26)15-22(28)25-19-14-21-20(13-18(19)24)30-11-12-31-21/h1-4,13-14H,5-12,15H2,(H,25,28). The lowest BCUT2D eigenvalue weighted by Gasteiger charge is -2.34. The van der Waals surface area contributed by atoms with Gasteiger partial charge in [-0.2, -0.15) is 0 Å². The van der Waals surface area contributed by atoms with Crippen LogP contribution < -0.4 is 19.5 Å². The summed E-state index contributed by atoms with van der Waals surface area (Å²) >= 11 is 12.2. The first kappa shape index (κ1) is 22.0. The van der Waals surface area contributed by atoms with Gasteiger partial charge in [0.1, 0.15) is 25.6 Å². The van der Waals surface area contributed by atoms with Crippen molar-refractivity contribution in [2.75, 3.05) is 64.4 Å². The lowest BCUT2D eigenvalue weighted by Crippen LogP contribution is -2.49. The van der Waals surface area contributed by atoms with Gasteiger partial charge in [-0.05, 0) is 24.3 Å². The molecular weight excluding hydrogens is 441 g/mol. The fourth-order valence-corrected chi connectivity index (χ4v) is 3.87. The number of carbonyl (C=O) groups is 1. The van der Waals surface area contributed by atoms with Gasteiger partial charge in [-0.15, -0.1) is 0 Å². The Kier molecular flexibility index (Phi) is 7.40. The molecule has 7 nitrogen and oxygen atoms in total. The predicted octanol–water partition coefficient (Wildman–Crippen LogP) is 3.40. The van der Waals surface area contributed by atoms with E-state index < -0.39 is 0 Å². The average molecular weight is 466 g/mol. The van der Waals surface area contributed by atoms with Gasteiger partial charge in [0, 0.05) is 49.9 Å². The molecule has 2 aromatic carbocycles. The quantitative estimate of drug-likeness (QED) is 0.675. The van der Waals surface area contributed by atoms with Crippen molar-refractivity contribution in [3.05, 3.63) is 46.4 Å². The van der Waals surface area contributed by atoms with E-state index in [2.05, 4.69) is 15.1 Å². The summed E-state index contributed by atoms with van der Waals surface area (Å²) in [4.78, 5) is 17.0. The number of hydrogen-bond donors (Lipinski definition) is 1. The third-order valence-corrected chi connectivity index (χ3v) is 5.79. The van der Waals surface area contributed by atoms with Crippen molar-refractivity contribution in [2.24, 2.45) is 0 Å². The van der Waals surface area contributed by atoms with Gasteiger partial charge < -0.3 is 19.5 Å². The number of carbonyl (C=O) groups excluding carboxylic acids is 1. The molecule has 9 heteroatoms. The van der Waals surface area contributed by atoms with Crippen LogP contribution in [0.15, 0.2) is 36.4 Å². The Morgan fingerprint density at radius 3 is 2.32 bits per heavy atom. The van der Waals surface area contributed by atoms with E-state index in [-0.39, 0.29) is 5.91 Å². The number of amides is 1. The van der Waals surface area contributed by atoms with Gasteiger partial charge >= 0.3 is 0 Å². The number of nitrogens with zero attached hydrogens (tertiary/aromatic N) is 2. The number of piperazine rings is 1. The Hall–Kier alpha value is -2.19. The maximum Gasteiger partial charge on any atom is 0.238 e. The Labute approximate surface area is 191 Å². The van der Waals surface area contributed by atoms with Crippen molar-refractivity contribution in [2.45, 2.75) is 0 Å². The van der Waals surface area contributed by atoms with Crippen LogP contribution in [0.4, 0.5) is 5.69 Å². The van der Waals surface area contributed by atoms with E-state index in [0.29, 0.717) is 53.6 Å². The van der Waals surface area contributed by atoms with Crippen LogP contribution in [0.25, 0.3) is 0 Å². The summed E-state index contributed by atoms with van der Waals surface area (Å²) in [7, 11) is 0. The summed E-state index contributed by atoms with van der Waals surface area (Å²) in [6, 6.07) is 10.8. The summed E-state index contributed by atoms with van der Waals surface area (Å²) < 4.78 is 16.8. The van der Waals surface area contributed by atoms with Crippen LogP contribution in [0, 0.1) is 0 Å². The second-order valence-electron chi connectivity index (χ2n) is 7.44. The molecule has 0 spiro atoms. The van der Waals surface area contributed by atoms with Crippen LogP contribution in [-0.4, -0.2) is 74.8 Å². The number of hydrogen-bond acceptors (Lipinski definition) is 6. The summed E-state index contributed by atoms with van der Waals surface area (Å²) in [5.74, 6) is 1.92. The molecule has 2 aliphatic heterocycles. The number of nitrogens with one attached hydrogen (secondary N) is 1. The molecule has 1 amide bonds. The van der Waals surface area contributed by atoms with Crippen molar-refractivity contribution in [1.29, 1.82) is 0 Å². The van der Waals surface area contributed by atoms with Crippen LogP contribution in [0.3, 0.4) is 0 Å². The lowest BCUT2D eigenvalue weighted by molar-refractivity contribution is -0.117. The molecule has 0 unspecified atom stereocenters. The van der Waals surface area contributed by atoms with E-state index in [9.17, 15) is 4.79 Å². The van der Waals surface area contributed by atoms with Crippen molar-refractivity contribution in [1.82, 2.24) is 9.80 Å². The van der Waals surface area contributed by atoms with E-state index in [1.807, 2.05) is 24.3 Å². The Morgan fingerprint density at radius 2 is 1.61 bits per heavy atom. The average Bonchev–Trinajstić information content (AvgIpc) is 2.77. The predicted molar refractivity (Wildman–Crippen MR) is 121 cm³/mol. The zero-order chi connectivity index (χ0) is 21.6. The second-order valence-corrected chi connectivity index (χ2v) is 8.29. The highest BCUT2D eigenvalue weighted by Crippen LogP contribution is 2.37. The summed E-state index contributed by atoms with van der Waals surface area (Å²) in [5, 5.41) is 4.02. The monoisotopic (exact) mass is 465 g/mol. The molecule has 2 heterocycles. The molecule has 0 saturated carbocycles. The first-order valence-corrected chi connectivity index (χ1v) is 11.0. The first-order valence-electron chi connectivity index (χ1n) is 10.3. The van der Waals surface area contributed by atoms with Gasteiger partial charge in [-0.3, -0.25) is 14.6 Å². The molecule has 1 fully saturated rings. The number of anilines is 1. The van der Waals surface area contributed by atoms with Crippen LogP contribution in [0.2, 0.25) is 10.0 Å². The molecule has 0 aromatic heterocycles. The SMILES string of the molecule is O=C(CN1CCN(CCOc2ccc(Cl)cc2)CC1)Nc1cc2c(cc1Cl)OCCO2. The Balaban J connectivity index is 1.18. The minimum absolute atomic E-state index is 0.0990. The first-order chi connectivity index (χ1) is 15.1. The maximum absolute atomic E-state index is 12.5. The summed E-state index contributed by atoms with van der Waals surface area (Å²) in [6.07, 6.45) is 0. The van der Waals surface area contributed by atoms with Gasteiger partial charge in [0.2, 0.25) is 5.91 Å². The smallest absolute Gasteiger partial charge is 0.238 e. The van der Waals surface area contributed by atoms with Crippen LogP contribution in [0.1, 0.15) is 0 Å². The highest BCUT2D eigenvalue weighted by atomic mass is 35.5. The molecule has 1 N–H and O–H groups in total. The van der Waals surface area contributed by atoms with Gasteiger partial charge in [0.25, 0.3) is 0 Å².